The fraction of sp³-hybridized carbons (Fsp3) is 0.174. The second kappa shape index (κ2) is 9.43. The van der Waals surface area contributed by atoms with Gasteiger partial charge in [0.15, 0.2) is 11.5 Å². The van der Waals surface area contributed by atoms with Gasteiger partial charge in [0.25, 0.3) is 5.91 Å². The first-order chi connectivity index (χ1) is 14.5. The summed E-state index contributed by atoms with van der Waals surface area (Å²) < 4.78 is 16.5. The number of hydrogen-bond donors (Lipinski definition) is 1. The maximum absolute atomic E-state index is 12.7. The van der Waals surface area contributed by atoms with Gasteiger partial charge < -0.3 is 19.5 Å². The molecular weight excluding hydrogens is 382 g/mol. The van der Waals surface area contributed by atoms with Crippen LogP contribution in [0.3, 0.4) is 0 Å². The van der Waals surface area contributed by atoms with Gasteiger partial charge in [-0.05, 0) is 67.9 Å². The molecule has 3 aromatic rings. The Labute approximate surface area is 174 Å². The first-order valence-electron chi connectivity index (χ1n) is 9.31. The summed E-state index contributed by atoms with van der Waals surface area (Å²) in [6.45, 7) is 4.24. The number of hydrogen-bond acceptors (Lipinski definition) is 6. The van der Waals surface area contributed by atoms with E-state index in [1.807, 2.05) is 19.9 Å². The van der Waals surface area contributed by atoms with E-state index >= 15 is 0 Å². The maximum atomic E-state index is 12.7. The molecule has 7 nitrogen and oxygen atoms in total. The second-order valence-electron chi connectivity index (χ2n) is 6.30. The lowest BCUT2D eigenvalue weighted by atomic mass is 10.1. The number of nitrogens with one attached hydrogen (secondary N) is 1. The summed E-state index contributed by atoms with van der Waals surface area (Å²) in [6, 6.07) is 15.6. The summed E-state index contributed by atoms with van der Waals surface area (Å²) in [6.07, 6.45) is 1.56. The van der Waals surface area contributed by atoms with Crippen LogP contribution in [0, 0.1) is 18.3 Å². The number of carbonyl (C=O) groups is 1. The lowest BCUT2D eigenvalue weighted by molar-refractivity contribution is 0.102. The SMILES string of the molecule is CCOc1ccc(C(=O)Nc2ccc(Oc3ncccc3C#N)cc2C)cc1OC. The number of nitrogens with zero attached hydrogens (tertiary/aromatic N) is 2. The van der Waals surface area contributed by atoms with E-state index < -0.39 is 0 Å². The third kappa shape index (κ3) is 4.67. The van der Waals surface area contributed by atoms with E-state index in [9.17, 15) is 4.79 Å². The van der Waals surface area contributed by atoms with Crippen molar-refractivity contribution in [2.45, 2.75) is 13.8 Å². The first-order valence-corrected chi connectivity index (χ1v) is 9.31. The molecule has 152 valence electrons. The average Bonchev–Trinajstić information content (AvgIpc) is 2.76. The Hall–Kier alpha value is -4.05. The van der Waals surface area contributed by atoms with Crippen LogP contribution in [-0.2, 0) is 0 Å². The molecule has 7 heteroatoms. The minimum Gasteiger partial charge on any atom is -0.493 e. The number of amides is 1. The van der Waals surface area contributed by atoms with Gasteiger partial charge in [-0.25, -0.2) is 4.98 Å². The van der Waals surface area contributed by atoms with Crippen molar-refractivity contribution in [3.05, 3.63) is 71.4 Å². The minimum atomic E-state index is -0.274. The third-order valence-corrected chi connectivity index (χ3v) is 4.28. The van der Waals surface area contributed by atoms with Gasteiger partial charge in [-0.15, -0.1) is 0 Å². The molecule has 0 saturated carbocycles. The molecule has 0 bridgehead atoms. The van der Waals surface area contributed by atoms with Gasteiger partial charge >= 0.3 is 0 Å². The molecule has 0 radical (unpaired) electrons. The van der Waals surface area contributed by atoms with Crippen molar-refractivity contribution in [1.82, 2.24) is 4.98 Å². The average molecular weight is 403 g/mol. The molecule has 0 unspecified atom stereocenters. The maximum Gasteiger partial charge on any atom is 0.255 e. The van der Waals surface area contributed by atoms with Crippen LogP contribution in [0.2, 0.25) is 0 Å². The molecule has 0 spiro atoms. The normalized spacial score (nSPS) is 10.1. The van der Waals surface area contributed by atoms with Crippen LogP contribution in [0.5, 0.6) is 23.1 Å². The fourth-order valence-electron chi connectivity index (χ4n) is 2.79. The number of pyridine rings is 1. The molecule has 1 amide bonds. The summed E-state index contributed by atoms with van der Waals surface area (Å²) in [7, 11) is 1.53. The summed E-state index contributed by atoms with van der Waals surface area (Å²) >= 11 is 0. The van der Waals surface area contributed by atoms with E-state index in [-0.39, 0.29) is 11.8 Å². The highest BCUT2D eigenvalue weighted by Gasteiger charge is 2.13. The van der Waals surface area contributed by atoms with Gasteiger partial charge in [-0.2, -0.15) is 5.26 Å². The van der Waals surface area contributed by atoms with E-state index in [0.717, 1.165) is 5.56 Å². The number of carbonyl (C=O) groups excluding carboxylic acids is 1. The van der Waals surface area contributed by atoms with Crippen LogP contribution in [-0.4, -0.2) is 24.6 Å². The molecule has 0 aliphatic rings. The van der Waals surface area contributed by atoms with Crippen LogP contribution in [0.15, 0.2) is 54.7 Å². The first kappa shape index (κ1) is 20.7. The van der Waals surface area contributed by atoms with Crippen molar-refractivity contribution in [3.8, 4) is 29.2 Å². The predicted octanol–water partition coefficient (Wildman–Crippen LogP) is 4.71. The molecule has 0 aliphatic carbocycles. The molecule has 1 heterocycles. The molecule has 1 N–H and O–H groups in total. The smallest absolute Gasteiger partial charge is 0.255 e. The number of methoxy groups -OCH3 is 1. The van der Waals surface area contributed by atoms with Gasteiger partial charge in [0, 0.05) is 17.4 Å². The van der Waals surface area contributed by atoms with E-state index in [0.29, 0.717) is 40.7 Å². The van der Waals surface area contributed by atoms with E-state index in [4.69, 9.17) is 19.5 Å². The van der Waals surface area contributed by atoms with Crippen LogP contribution < -0.4 is 19.5 Å². The lowest BCUT2D eigenvalue weighted by Gasteiger charge is -2.13. The van der Waals surface area contributed by atoms with E-state index in [1.54, 1.807) is 54.7 Å². The van der Waals surface area contributed by atoms with Crippen molar-refractivity contribution in [2.75, 3.05) is 19.0 Å². The predicted molar refractivity (Wildman–Crippen MR) is 112 cm³/mol. The Morgan fingerprint density at radius 2 is 2.00 bits per heavy atom. The Balaban J connectivity index is 1.76. The molecule has 0 atom stereocenters. The number of aryl methyl sites for hydroxylation is 1. The summed E-state index contributed by atoms with van der Waals surface area (Å²) in [5.74, 6) is 1.56. The van der Waals surface area contributed by atoms with E-state index in [2.05, 4.69) is 10.3 Å². The summed E-state index contributed by atoms with van der Waals surface area (Å²) in [5.41, 5.74) is 2.23. The molecular formula is C23H21N3O4. The summed E-state index contributed by atoms with van der Waals surface area (Å²) in [4.78, 5) is 16.8. The zero-order valence-corrected chi connectivity index (χ0v) is 16.9. The standard InChI is InChI=1S/C23H21N3O4/c1-4-29-20-10-7-16(13-21(20)28-3)22(27)26-19-9-8-18(12-15(19)2)30-23-17(14-24)6-5-11-25-23/h5-13H,4H2,1-3H3,(H,26,27). The zero-order valence-electron chi connectivity index (χ0n) is 16.9. The molecule has 3 rings (SSSR count). The highest BCUT2D eigenvalue weighted by atomic mass is 16.5. The molecule has 1 aromatic heterocycles. The molecule has 0 aliphatic heterocycles. The van der Waals surface area contributed by atoms with Gasteiger partial charge in [0.1, 0.15) is 17.4 Å². The van der Waals surface area contributed by atoms with Crippen LogP contribution in [0.25, 0.3) is 0 Å². The number of rotatable bonds is 7. The van der Waals surface area contributed by atoms with Gasteiger partial charge in [0.05, 0.1) is 13.7 Å². The number of anilines is 1. The zero-order chi connectivity index (χ0) is 21.5. The quantitative estimate of drug-likeness (QED) is 0.614. The fourth-order valence-corrected chi connectivity index (χ4v) is 2.79. The highest BCUT2D eigenvalue weighted by molar-refractivity contribution is 6.05. The number of aromatic nitrogens is 1. The minimum absolute atomic E-state index is 0.234. The largest absolute Gasteiger partial charge is 0.493 e. The van der Waals surface area contributed by atoms with Crippen molar-refractivity contribution < 1.29 is 19.0 Å². The van der Waals surface area contributed by atoms with Gasteiger partial charge in [0.2, 0.25) is 5.88 Å². The van der Waals surface area contributed by atoms with Crippen LogP contribution >= 0.6 is 0 Å². The van der Waals surface area contributed by atoms with Gasteiger partial charge in [-0.3, -0.25) is 4.79 Å². The monoisotopic (exact) mass is 403 g/mol. The van der Waals surface area contributed by atoms with Gasteiger partial charge in [-0.1, -0.05) is 0 Å². The Bertz CT molecular complexity index is 1110. The molecule has 30 heavy (non-hydrogen) atoms. The third-order valence-electron chi connectivity index (χ3n) is 4.28. The highest BCUT2D eigenvalue weighted by Crippen LogP contribution is 2.30. The van der Waals surface area contributed by atoms with E-state index in [1.165, 1.54) is 7.11 Å². The van der Waals surface area contributed by atoms with Crippen molar-refractivity contribution in [1.29, 1.82) is 5.26 Å². The second-order valence-corrected chi connectivity index (χ2v) is 6.30. The number of ether oxygens (including phenoxy) is 3. The van der Waals surface area contributed by atoms with Crippen molar-refractivity contribution >= 4 is 11.6 Å². The number of benzene rings is 2. The van der Waals surface area contributed by atoms with Crippen molar-refractivity contribution in [2.24, 2.45) is 0 Å². The Morgan fingerprint density at radius 1 is 1.17 bits per heavy atom. The molecule has 0 saturated heterocycles. The lowest BCUT2D eigenvalue weighted by Crippen LogP contribution is -2.13. The van der Waals surface area contributed by atoms with Crippen LogP contribution in [0.1, 0.15) is 28.4 Å². The number of nitriles is 1. The Kier molecular flexibility index (Phi) is 6.50. The van der Waals surface area contributed by atoms with Crippen LogP contribution in [0.4, 0.5) is 5.69 Å². The Morgan fingerprint density at radius 3 is 2.70 bits per heavy atom. The molecule has 0 fully saturated rings. The topological polar surface area (TPSA) is 93.5 Å². The summed E-state index contributed by atoms with van der Waals surface area (Å²) in [5, 5.41) is 12.0. The van der Waals surface area contributed by atoms with Crippen molar-refractivity contribution in [3.63, 3.8) is 0 Å². The molecule has 2 aromatic carbocycles.